The molecule has 2 aliphatic rings. The molecule has 0 saturated carbocycles. The molecule has 1 aromatic heterocycles. The minimum atomic E-state index is -1.60. The van der Waals surface area contributed by atoms with Gasteiger partial charge in [0.1, 0.15) is 28.6 Å². The van der Waals surface area contributed by atoms with Crippen LogP contribution in [0, 0.1) is 29.1 Å². The number of rotatable bonds is 13. The number of benzene rings is 12. The minimum absolute atomic E-state index is 0.0983. The highest BCUT2D eigenvalue weighted by Gasteiger charge is 2.50. The van der Waals surface area contributed by atoms with Crippen molar-refractivity contribution in [1.82, 2.24) is 0 Å². The molecule has 0 spiro atoms. The Morgan fingerprint density at radius 2 is 0.793 bits per heavy atom. The average Bonchev–Trinajstić information content (AvgIpc) is 1.58. The van der Waals surface area contributed by atoms with Crippen LogP contribution >= 0.6 is 0 Å². The summed E-state index contributed by atoms with van der Waals surface area (Å²) < 4.78 is 102. The van der Waals surface area contributed by atoms with Crippen molar-refractivity contribution in [3.05, 3.63) is 353 Å². The third-order valence-corrected chi connectivity index (χ3v) is 17.3. The second kappa shape index (κ2) is 20.6. The van der Waals surface area contributed by atoms with Crippen LogP contribution in [-0.2, 0) is 10.8 Å². The van der Waals surface area contributed by atoms with Gasteiger partial charge in [-0.05, 0) is 164 Å². The molecule has 0 aliphatic heterocycles. The van der Waals surface area contributed by atoms with Crippen LogP contribution in [0.25, 0.3) is 56.3 Å². The summed E-state index contributed by atoms with van der Waals surface area (Å²) in [6.45, 7) is 7.72. The molecule has 13 aromatic rings. The molecular weight excluding hydrogens is 1090 g/mol. The van der Waals surface area contributed by atoms with Crippen LogP contribution in [-0.4, -0.2) is 0 Å². The van der Waals surface area contributed by atoms with Gasteiger partial charge in [0.15, 0.2) is 34.7 Å². The molecule has 2 unspecified atom stereocenters. The van der Waals surface area contributed by atoms with E-state index in [1.807, 2.05) is 212 Å². The summed E-state index contributed by atoms with van der Waals surface area (Å²) in [5.74, 6) is -4.06. The fraction of sp³-hybridized carbons (Fsp3) is 0.0256. The van der Waals surface area contributed by atoms with Crippen molar-refractivity contribution in [2.75, 3.05) is 4.90 Å². The fourth-order valence-electron chi connectivity index (χ4n) is 13.4. The Labute approximate surface area is 498 Å². The van der Waals surface area contributed by atoms with E-state index in [-0.39, 0.29) is 11.1 Å². The highest BCUT2D eigenvalue weighted by atomic mass is 19.2. The summed E-state index contributed by atoms with van der Waals surface area (Å²) >= 11 is 0. The first kappa shape index (κ1) is 52.7. The lowest BCUT2D eigenvalue weighted by Gasteiger charge is -2.36. The van der Waals surface area contributed by atoms with E-state index in [1.165, 1.54) is 12.1 Å². The Balaban J connectivity index is 0.978. The zero-order valence-electron chi connectivity index (χ0n) is 46.4. The van der Waals surface area contributed by atoms with Crippen LogP contribution in [0.4, 0.5) is 39.0 Å². The van der Waals surface area contributed by atoms with Gasteiger partial charge in [-0.15, -0.1) is 0 Å². The maximum atomic E-state index is 17.4. The molecule has 2 atom stereocenters. The van der Waals surface area contributed by atoms with Gasteiger partial charge in [0.05, 0.1) is 16.5 Å². The molecule has 0 fully saturated rings. The summed E-state index contributed by atoms with van der Waals surface area (Å²) in [7, 11) is 0. The summed E-state index contributed by atoms with van der Waals surface area (Å²) in [4.78, 5) is 2.06. The fourth-order valence-corrected chi connectivity index (χ4v) is 13.4. The number of hydrogen-bond acceptors (Lipinski definition) is 4. The summed E-state index contributed by atoms with van der Waals surface area (Å²) in [5, 5.41) is 1.72. The van der Waals surface area contributed by atoms with Crippen molar-refractivity contribution in [2.24, 2.45) is 0 Å². The van der Waals surface area contributed by atoms with Crippen molar-refractivity contribution in [2.45, 2.75) is 10.8 Å². The zero-order chi connectivity index (χ0) is 59.1. The monoisotopic (exact) mass is 1140 g/mol. The third-order valence-electron chi connectivity index (χ3n) is 17.3. The molecule has 418 valence electrons. The maximum Gasteiger partial charge on any atom is 0.194 e. The van der Waals surface area contributed by atoms with E-state index in [2.05, 4.69) is 18.1 Å². The topological polar surface area (TPSA) is 34.8 Å². The number of furan rings is 1. The first-order valence-electron chi connectivity index (χ1n) is 28.4. The second-order valence-corrected chi connectivity index (χ2v) is 21.8. The molecule has 0 bridgehead atoms. The van der Waals surface area contributed by atoms with Crippen LogP contribution in [0.15, 0.2) is 272 Å². The summed E-state index contributed by atoms with van der Waals surface area (Å²) in [6, 6.07) is 77.4. The average molecular weight is 1140 g/mol. The zero-order valence-corrected chi connectivity index (χ0v) is 46.4. The Kier molecular flexibility index (Phi) is 12.5. The Hall–Kier alpha value is -11.0. The summed E-state index contributed by atoms with van der Waals surface area (Å²) in [6.07, 6.45) is 3.50. The molecule has 0 saturated heterocycles. The number of nitrogens with zero attached hydrogens (tertiary/aromatic N) is 1. The van der Waals surface area contributed by atoms with Crippen molar-refractivity contribution in [3.8, 4) is 45.3 Å². The van der Waals surface area contributed by atoms with Gasteiger partial charge in [-0.25, -0.2) is 22.0 Å². The van der Waals surface area contributed by atoms with E-state index in [0.29, 0.717) is 79.0 Å². The van der Waals surface area contributed by atoms with E-state index in [4.69, 9.17) is 13.9 Å². The lowest BCUT2D eigenvalue weighted by molar-refractivity contribution is 0.435. The van der Waals surface area contributed by atoms with Crippen LogP contribution in [0.2, 0.25) is 0 Å². The number of anilines is 3. The molecule has 0 amide bonds. The van der Waals surface area contributed by atoms with E-state index >= 15 is 22.0 Å². The van der Waals surface area contributed by atoms with E-state index in [1.54, 1.807) is 30.4 Å². The van der Waals surface area contributed by atoms with Gasteiger partial charge < -0.3 is 18.8 Å². The minimum Gasteiger partial charge on any atom is -0.457 e. The lowest BCUT2D eigenvalue weighted by Crippen LogP contribution is -2.31. The maximum absolute atomic E-state index is 17.4. The van der Waals surface area contributed by atoms with E-state index < -0.39 is 39.9 Å². The molecule has 2 aliphatic carbocycles. The molecule has 1 heterocycles. The molecule has 15 rings (SSSR count). The molecule has 12 aromatic carbocycles. The van der Waals surface area contributed by atoms with Crippen LogP contribution in [0.1, 0.15) is 55.6 Å². The first-order chi connectivity index (χ1) is 42.6. The molecule has 4 nitrogen and oxygen atoms in total. The van der Waals surface area contributed by atoms with E-state index in [0.717, 1.165) is 61.8 Å². The largest absolute Gasteiger partial charge is 0.457 e. The van der Waals surface area contributed by atoms with Crippen molar-refractivity contribution in [3.63, 3.8) is 0 Å². The standard InChI is InChI=1S/C78H48F5NO3/c1-3-47-23-33-53(34-24-47)85-55-37-27-49(28-38-55)77(65-19-12-20-69(79)73(65)81)63-17-8-5-13-57(63)59-41-31-51(45-67(59)77)84(71-21-11-16-62-61-15-7-10-22-72(61)87-76(62)71)52-32-42-60-58-14-6-9-18-64(58)78(68(60)46-52,66-43-44-70(80)75(83)74(66)82)50-29-39-56(40-30-50)86-54-35-25-48(4-2)26-36-54/h3-46H,1-2H2. The van der Waals surface area contributed by atoms with Gasteiger partial charge >= 0.3 is 0 Å². The van der Waals surface area contributed by atoms with Gasteiger partial charge in [-0.2, -0.15) is 0 Å². The van der Waals surface area contributed by atoms with Crippen molar-refractivity contribution < 1.29 is 35.8 Å². The van der Waals surface area contributed by atoms with Crippen LogP contribution < -0.4 is 14.4 Å². The second-order valence-electron chi connectivity index (χ2n) is 21.8. The van der Waals surface area contributed by atoms with Crippen LogP contribution in [0.5, 0.6) is 23.0 Å². The van der Waals surface area contributed by atoms with Crippen molar-refractivity contribution >= 4 is 51.2 Å². The van der Waals surface area contributed by atoms with Gasteiger partial charge in [0.25, 0.3) is 0 Å². The van der Waals surface area contributed by atoms with E-state index in [9.17, 15) is 0 Å². The molecule has 87 heavy (non-hydrogen) atoms. The lowest BCUT2D eigenvalue weighted by atomic mass is 9.67. The van der Waals surface area contributed by atoms with Gasteiger partial charge in [-0.3, -0.25) is 0 Å². The SMILES string of the molecule is C=Cc1ccc(Oc2ccc(C3(c4cccc(F)c4F)c4ccccc4-c4ccc(N(c5ccc6c(c5)C(c5ccc(Oc7ccc(C=C)cc7)cc5)(c5ccc(F)c(F)c5F)c5ccccc5-6)c5cccc6c5oc5ccccc56)cc43)cc2)cc1. The molecule has 9 heteroatoms. The highest BCUT2D eigenvalue weighted by molar-refractivity contribution is 6.10. The van der Waals surface area contributed by atoms with Gasteiger partial charge in [-0.1, -0.05) is 183 Å². The Morgan fingerprint density at radius 1 is 0.356 bits per heavy atom. The first-order valence-corrected chi connectivity index (χ1v) is 28.4. The Morgan fingerprint density at radius 3 is 1.33 bits per heavy atom. The normalized spacial score (nSPS) is 15.4. The van der Waals surface area contributed by atoms with Crippen LogP contribution in [0.3, 0.4) is 0 Å². The molecule has 0 radical (unpaired) electrons. The number of para-hydroxylation sites is 2. The van der Waals surface area contributed by atoms with Gasteiger partial charge in [0.2, 0.25) is 0 Å². The third kappa shape index (κ3) is 8.18. The number of halogens is 5. The highest BCUT2D eigenvalue weighted by Crippen LogP contribution is 2.61. The van der Waals surface area contributed by atoms with Crippen molar-refractivity contribution in [1.29, 1.82) is 0 Å². The smallest absolute Gasteiger partial charge is 0.194 e. The Bertz CT molecular complexity index is 4920. The van der Waals surface area contributed by atoms with Gasteiger partial charge in [0, 0.05) is 33.3 Å². The predicted octanol–water partition coefficient (Wildman–Crippen LogP) is 21.3. The number of hydrogen-bond donors (Lipinski definition) is 0. The number of ether oxygens (including phenoxy) is 2. The summed E-state index contributed by atoms with van der Waals surface area (Å²) in [5.41, 5.74) is 8.70. The number of fused-ring (bicyclic) bond motifs is 9. The quantitative estimate of drug-likeness (QED) is 0.0851. The molecule has 0 N–H and O–H groups in total. The predicted molar refractivity (Wildman–Crippen MR) is 336 cm³/mol. The molecular formula is C78H48F5NO3.